The number of aromatic nitrogens is 2. The molecule has 2 aromatic carbocycles. The molecule has 0 unspecified atom stereocenters. The summed E-state index contributed by atoms with van der Waals surface area (Å²) in [5.74, 6) is 0.845. The van der Waals surface area contributed by atoms with Crippen molar-refractivity contribution in [3.63, 3.8) is 0 Å². The highest BCUT2D eigenvalue weighted by Crippen LogP contribution is 2.30. The third-order valence-electron chi connectivity index (χ3n) is 3.47. The number of ether oxygens (including phenoxy) is 2. The van der Waals surface area contributed by atoms with E-state index in [1.54, 1.807) is 30.3 Å². The van der Waals surface area contributed by atoms with Crippen LogP contribution in [0.25, 0.3) is 10.9 Å². The van der Waals surface area contributed by atoms with E-state index in [-0.39, 0.29) is 19.0 Å². The van der Waals surface area contributed by atoms with Gasteiger partial charge in [-0.15, -0.1) is 0 Å². The molecule has 25 heavy (non-hydrogen) atoms. The molecule has 0 spiro atoms. The highest BCUT2D eigenvalue weighted by atomic mass is 35.5. The van der Waals surface area contributed by atoms with Gasteiger partial charge in [0.25, 0.3) is 0 Å². The molecule has 1 aromatic heterocycles. The van der Waals surface area contributed by atoms with Crippen molar-refractivity contribution in [2.75, 3.05) is 13.2 Å². The molecular formula is C18H14Cl2N2O3. The Morgan fingerprint density at radius 3 is 2.64 bits per heavy atom. The predicted molar refractivity (Wildman–Crippen MR) is 97.0 cm³/mol. The Labute approximate surface area is 154 Å². The molecule has 0 N–H and O–H groups in total. The second-order valence-electron chi connectivity index (χ2n) is 5.21. The van der Waals surface area contributed by atoms with Crippen LogP contribution in [0.15, 0.2) is 42.7 Å². The monoisotopic (exact) mass is 376 g/mol. The van der Waals surface area contributed by atoms with E-state index in [1.165, 1.54) is 13.3 Å². The lowest BCUT2D eigenvalue weighted by molar-refractivity contribution is 0.101. The van der Waals surface area contributed by atoms with Crippen molar-refractivity contribution in [1.29, 1.82) is 0 Å². The van der Waals surface area contributed by atoms with E-state index in [2.05, 4.69) is 9.97 Å². The topological polar surface area (TPSA) is 61.3 Å². The van der Waals surface area contributed by atoms with Crippen LogP contribution in [0.2, 0.25) is 10.0 Å². The van der Waals surface area contributed by atoms with Crippen LogP contribution in [0, 0.1) is 0 Å². The number of carbonyl (C=O) groups is 1. The van der Waals surface area contributed by atoms with E-state index in [1.807, 2.05) is 6.07 Å². The molecule has 3 aromatic rings. The molecule has 0 aliphatic carbocycles. The zero-order valence-corrected chi connectivity index (χ0v) is 14.8. The first-order chi connectivity index (χ1) is 12.1. The number of hydrogen-bond acceptors (Lipinski definition) is 5. The number of fused-ring (bicyclic) bond motifs is 1. The molecule has 0 aliphatic rings. The molecule has 7 heteroatoms. The van der Waals surface area contributed by atoms with Crippen LogP contribution in [0.5, 0.6) is 11.6 Å². The molecule has 0 bridgehead atoms. The summed E-state index contributed by atoms with van der Waals surface area (Å²) >= 11 is 12.2. The molecule has 0 amide bonds. The Kier molecular flexibility index (Phi) is 5.36. The first-order valence-electron chi connectivity index (χ1n) is 7.51. The fourth-order valence-corrected chi connectivity index (χ4v) is 2.90. The number of benzene rings is 2. The van der Waals surface area contributed by atoms with Gasteiger partial charge in [-0.2, -0.15) is 0 Å². The molecule has 0 saturated heterocycles. The lowest BCUT2D eigenvalue weighted by Crippen LogP contribution is -2.11. The summed E-state index contributed by atoms with van der Waals surface area (Å²) in [4.78, 5) is 19.8. The van der Waals surface area contributed by atoms with Crippen molar-refractivity contribution in [2.24, 2.45) is 0 Å². The van der Waals surface area contributed by atoms with E-state index < -0.39 is 0 Å². The predicted octanol–water partition coefficient (Wildman–Crippen LogP) is 4.60. The molecule has 5 nitrogen and oxygen atoms in total. The summed E-state index contributed by atoms with van der Waals surface area (Å²) < 4.78 is 11.3. The van der Waals surface area contributed by atoms with E-state index in [4.69, 9.17) is 32.7 Å². The molecule has 0 fully saturated rings. The maximum atomic E-state index is 11.6. The number of hydrogen-bond donors (Lipinski definition) is 0. The summed E-state index contributed by atoms with van der Waals surface area (Å²) in [5, 5.41) is 1.54. The summed E-state index contributed by atoms with van der Waals surface area (Å²) in [7, 11) is 0. The van der Waals surface area contributed by atoms with Gasteiger partial charge in [-0.25, -0.2) is 9.97 Å². The van der Waals surface area contributed by atoms with Gasteiger partial charge in [0.1, 0.15) is 25.3 Å². The van der Waals surface area contributed by atoms with E-state index in [0.29, 0.717) is 38.1 Å². The fourth-order valence-electron chi connectivity index (χ4n) is 2.36. The van der Waals surface area contributed by atoms with Crippen molar-refractivity contribution in [3.8, 4) is 11.6 Å². The van der Waals surface area contributed by atoms with Crippen molar-refractivity contribution < 1.29 is 14.3 Å². The van der Waals surface area contributed by atoms with Crippen LogP contribution in [-0.2, 0) is 0 Å². The van der Waals surface area contributed by atoms with Gasteiger partial charge in [-0.05, 0) is 31.2 Å². The van der Waals surface area contributed by atoms with E-state index in [9.17, 15) is 4.79 Å². The minimum Gasteiger partial charge on any atom is -0.489 e. The molecule has 3 rings (SSSR count). The maximum absolute atomic E-state index is 11.6. The highest BCUT2D eigenvalue weighted by molar-refractivity contribution is 6.38. The van der Waals surface area contributed by atoms with Gasteiger partial charge in [0.15, 0.2) is 5.78 Å². The van der Waals surface area contributed by atoms with Crippen molar-refractivity contribution in [3.05, 3.63) is 58.3 Å². The third-order valence-corrected chi connectivity index (χ3v) is 3.97. The second kappa shape index (κ2) is 7.68. The average molecular weight is 377 g/mol. The Bertz CT molecular complexity index is 931. The lowest BCUT2D eigenvalue weighted by Gasteiger charge is -2.11. The summed E-state index contributed by atoms with van der Waals surface area (Å²) in [6.07, 6.45) is 1.38. The van der Waals surface area contributed by atoms with Crippen LogP contribution in [-0.4, -0.2) is 29.0 Å². The Balaban J connectivity index is 1.69. The van der Waals surface area contributed by atoms with Gasteiger partial charge in [0.2, 0.25) is 5.88 Å². The largest absolute Gasteiger partial charge is 0.489 e. The number of ketones is 1. The highest BCUT2D eigenvalue weighted by Gasteiger charge is 2.10. The van der Waals surface area contributed by atoms with E-state index in [0.717, 1.165) is 0 Å². The smallest absolute Gasteiger partial charge is 0.224 e. The van der Waals surface area contributed by atoms with Crippen molar-refractivity contribution in [1.82, 2.24) is 9.97 Å². The third kappa shape index (κ3) is 4.00. The Morgan fingerprint density at radius 1 is 1.08 bits per heavy atom. The molecule has 0 radical (unpaired) electrons. The maximum Gasteiger partial charge on any atom is 0.224 e. The quantitative estimate of drug-likeness (QED) is 0.464. The zero-order valence-electron chi connectivity index (χ0n) is 13.3. The van der Waals surface area contributed by atoms with Gasteiger partial charge in [-0.3, -0.25) is 4.79 Å². The summed E-state index contributed by atoms with van der Waals surface area (Å²) in [6, 6.07) is 10.4. The van der Waals surface area contributed by atoms with Gasteiger partial charge < -0.3 is 9.47 Å². The Hall–Kier alpha value is -2.37. The van der Waals surface area contributed by atoms with E-state index >= 15 is 0 Å². The molecule has 128 valence electrons. The zero-order chi connectivity index (χ0) is 17.8. The second-order valence-corrected chi connectivity index (χ2v) is 6.06. The number of rotatable bonds is 6. The standard InChI is InChI=1S/C18H14Cl2N2O3/c1-11(23)13-4-2-3-5-16(13)24-6-7-25-18-14-8-12(19)9-15(20)17(14)21-10-22-18/h2-5,8-10H,6-7H2,1H3. The fraction of sp³-hybridized carbons (Fsp3) is 0.167. The van der Waals surface area contributed by atoms with Crippen LogP contribution in [0.3, 0.4) is 0 Å². The van der Waals surface area contributed by atoms with Gasteiger partial charge >= 0.3 is 0 Å². The molecular weight excluding hydrogens is 363 g/mol. The molecule has 0 atom stereocenters. The van der Waals surface area contributed by atoms with Crippen molar-refractivity contribution >= 4 is 39.9 Å². The van der Waals surface area contributed by atoms with Crippen LogP contribution in [0.4, 0.5) is 0 Å². The molecule has 0 aliphatic heterocycles. The number of carbonyl (C=O) groups excluding carboxylic acids is 1. The molecule has 1 heterocycles. The minimum atomic E-state index is -0.0532. The summed E-state index contributed by atoms with van der Waals surface area (Å²) in [6.45, 7) is 1.99. The number of nitrogens with zero attached hydrogens (tertiary/aromatic N) is 2. The van der Waals surface area contributed by atoms with Gasteiger partial charge in [0, 0.05) is 5.02 Å². The average Bonchev–Trinajstić information content (AvgIpc) is 2.59. The first-order valence-corrected chi connectivity index (χ1v) is 8.27. The number of para-hydroxylation sites is 1. The summed E-state index contributed by atoms with van der Waals surface area (Å²) in [5.41, 5.74) is 1.10. The van der Waals surface area contributed by atoms with Crippen LogP contribution < -0.4 is 9.47 Å². The lowest BCUT2D eigenvalue weighted by atomic mass is 10.1. The first kappa shape index (κ1) is 17.5. The van der Waals surface area contributed by atoms with Crippen molar-refractivity contribution in [2.45, 2.75) is 6.92 Å². The van der Waals surface area contributed by atoms with Gasteiger partial charge in [-0.1, -0.05) is 35.3 Å². The normalized spacial score (nSPS) is 10.7. The Morgan fingerprint density at radius 2 is 1.84 bits per heavy atom. The molecule has 0 saturated carbocycles. The van der Waals surface area contributed by atoms with Gasteiger partial charge in [0.05, 0.1) is 21.5 Å². The number of Topliss-reactive ketones (excluding diaryl/α,β-unsaturated/α-hetero) is 1. The minimum absolute atomic E-state index is 0.0532. The van der Waals surface area contributed by atoms with Crippen LogP contribution in [0.1, 0.15) is 17.3 Å². The van der Waals surface area contributed by atoms with Crippen LogP contribution >= 0.6 is 23.2 Å². The number of halogens is 2. The SMILES string of the molecule is CC(=O)c1ccccc1OCCOc1ncnc2c(Cl)cc(Cl)cc12.